The zero-order chi connectivity index (χ0) is 25.6. The molecule has 2 aromatic carbocycles. The number of esters is 1. The Labute approximate surface area is 213 Å². The molecule has 1 aromatic heterocycles. The molecule has 2 N–H and O–H groups in total. The number of thioether (sulfide) groups is 1. The molecular formula is C24H26N4O4S3. The van der Waals surface area contributed by atoms with E-state index in [2.05, 4.69) is 23.2 Å². The molecule has 3 rings (SSSR count). The lowest BCUT2D eigenvalue weighted by atomic mass is 10.0. The number of para-hydroxylation sites is 1. The van der Waals surface area contributed by atoms with Gasteiger partial charge in [0, 0.05) is 11.8 Å². The standard InChI is InChI=1S/C24H26N4O4S3/c1-15(2)18-10-5-6-11-20(18)26-21(13-19(25)24(29)32-14-33-3)23-27-22(28-34-23)16-8-7-9-17(12-16)35(4,30)31/h5-13,15H,14,25H2,1-4H3/b19-13-,26-21?. The number of ether oxygens (including phenoxy) is 1. The van der Waals surface area contributed by atoms with Crippen molar-refractivity contribution >= 4 is 50.5 Å². The van der Waals surface area contributed by atoms with Crippen molar-refractivity contribution in [1.29, 1.82) is 0 Å². The van der Waals surface area contributed by atoms with E-state index in [-0.39, 0.29) is 22.4 Å². The monoisotopic (exact) mass is 530 g/mol. The molecule has 0 atom stereocenters. The van der Waals surface area contributed by atoms with Crippen molar-refractivity contribution in [2.24, 2.45) is 10.7 Å². The molecule has 0 bridgehead atoms. The van der Waals surface area contributed by atoms with E-state index in [1.165, 1.54) is 30.0 Å². The van der Waals surface area contributed by atoms with Crippen LogP contribution in [0.5, 0.6) is 0 Å². The number of carbonyl (C=O) groups excluding carboxylic acids is 1. The first-order valence-corrected chi connectivity index (χ1v) is 14.6. The summed E-state index contributed by atoms with van der Waals surface area (Å²) >= 11 is 2.43. The Bertz CT molecular complexity index is 1380. The summed E-state index contributed by atoms with van der Waals surface area (Å²) in [5.41, 5.74) is 8.54. The Hall–Kier alpha value is -3.02. The van der Waals surface area contributed by atoms with E-state index in [1.807, 2.05) is 30.5 Å². The summed E-state index contributed by atoms with van der Waals surface area (Å²) < 4.78 is 33.4. The highest BCUT2D eigenvalue weighted by Crippen LogP contribution is 2.28. The maximum Gasteiger partial charge on any atom is 0.355 e. The van der Waals surface area contributed by atoms with E-state index < -0.39 is 15.8 Å². The Morgan fingerprint density at radius 1 is 1.23 bits per heavy atom. The Morgan fingerprint density at radius 3 is 2.66 bits per heavy atom. The molecule has 0 spiro atoms. The molecule has 184 valence electrons. The number of carbonyl (C=O) groups is 1. The van der Waals surface area contributed by atoms with E-state index >= 15 is 0 Å². The number of allylic oxidation sites excluding steroid dienone is 1. The SMILES string of the molecule is CSCOC(=O)/C(N)=C/C(=Nc1ccccc1C(C)C)c1nc(-c2cccc(S(C)(=O)=O)c2)ns1. The molecule has 0 radical (unpaired) electrons. The maximum atomic E-state index is 12.3. The minimum Gasteiger partial charge on any atom is -0.450 e. The Balaban J connectivity index is 2.09. The number of hydrogen-bond donors (Lipinski definition) is 1. The third-order valence-electron chi connectivity index (χ3n) is 4.80. The predicted molar refractivity (Wildman–Crippen MR) is 142 cm³/mol. The Morgan fingerprint density at radius 2 is 1.97 bits per heavy atom. The number of hydrogen-bond acceptors (Lipinski definition) is 10. The summed E-state index contributed by atoms with van der Waals surface area (Å²) in [6.07, 6.45) is 4.38. The normalized spacial score (nSPS) is 12.7. The zero-order valence-corrected chi connectivity index (χ0v) is 22.2. The fraction of sp³-hybridized carbons (Fsp3) is 0.250. The molecule has 11 heteroatoms. The second kappa shape index (κ2) is 11.6. The van der Waals surface area contributed by atoms with Gasteiger partial charge in [-0.25, -0.2) is 23.2 Å². The molecule has 3 aromatic rings. The van der Waals surface area contributed by atoms with Gasteiger partial charge in [-0.1, -0.05) is 44.2 Å². The summed E-state index contributed by atoms with van der Waals surface area (Å²) in [6.45, 7) is 4.13. The van der Waals surface area contributed by atoms with Crippen LogP contribution in [0.2, 0.25) is 0 Å². The summed E-state index contributed by atoms with van der Waals surface area (Å²) in [5, 5.41) is 0.420. The highest BCUT2D eigenvalue weighted by molar-refractivity contribution is 7.98. The number of nitrogens with zero attached hydrogens (tertiary/aromatic N) is 3. The van der Waals surface area contributed by atoms with Crippen molar-refractivity contribution in [3.63, 3.8) is 0 Å². The number of nitrogens with two attached hydrogens (primary N) is 1. The van der Waals surface area contributed by atoms with Gasteiger partial charge in [-0.05, 0) is 53.5 Å². The van der Waals surface area contributed by atoms with Crippen LogP contribution in [0.25, 0.3) is 11.4 Å². The minimum atomic E-state index is -3.38. The largest absolute Gasteiger partial charge is 0.450 e. The number of aliphatic imine (C=N–C) groups is 1. The fourth-order valence-corrected chi connectivity index (χ4v) is 4.60. The quantitative estimate of drug-likeness (QED) is 0.185. The summed E-state index contributed by atoms with van der Waals surface area (Å²) in [5.74, 6) is 0.0789. The molecule has 0 saturated heterocycles. The molecule has 0 amide bonds. The molecule has 8 nitrogen and oxygen atoms in total. The maximum absolute atomic E-state index is 12.3. The third-order valence-corrected chi connectivity index (χ3v) is 7.00. The van der Waals surface area contributed by atoms with Gasteiger partial charge in [-0.2, -0.15) is 4.37 Å². The van der Waals surface area contributed by atoms with Crippen LogP contribution in [-0.2, 0) is 19.4 Å². The Kier molecular flexibility index (Phi) is 8.82. The van der Waals surface area contributed by atoms with Gasteiger partial charge in [0.15, 0.2) is 20.7 Å². The molecule has 0 aliphatic carbocycles. The van der Waals surface area contributed by atoms with Crippen LogP contribution in [0.15, 0.2) is 70.2 Å². The van der Waals surface area contributed by atoms with Crippen LogP contribution in [-0.4, -0.2) is 47.9 Å². The molecule has 1 heterocycles. The van der Waals surface area contributed by atoms with Gasteiger partial charge in [-0.15, -0.1) is 11.8 Å². The van der Waals surface area contributed by atoms with Crippen LogP contribution in [0.3, 0.4) is 0 Å². The van der Waals surface area contributed by atoms with Crippen molar-refractivity contribution in [1.82, 2.24) is 9.36 Å². The number of rotatable bonds is 9. The van der Waals surface area contributed by atoms with Crippen molar-refractivity contribution in [2.75, 3.05) is 18.5 Å². The van der Waals surface area contributed by atoms with Gasteiger partial charge in [0.25, 0.3) is 0 Å². The topological polar surface area (TPSA) is 125 Å². The lowest BCUT2D eigenvalue weighted by Crippen LogP contribution is -2.16. The van der Waals surface area contributed by atoms with Crippen molar-refractivity contribution < 1.29 is 17.9 Å². The summed E-state index contributed by atoms with van der Waals surface area (Å²) in [4.78, 5) is 21.8. The highest BCUT2D eigenvalue weighted by atomic mass is 32.2. The van der Waals surface area contributed by atoms with E-state index in [9.17, 15) is 13.2 Å². The molecule has 0 aliphatic rings. The van der Waals surface area contributed by atoms with Crippen molar-refractivity contribution in [3.8, 4) is 11.4 Å². The lowest BCUT2D eigenvalue weighted by molar-refractivity contribution is -0.136. The average Bonchev–Trinajstić information content (AvgIpc) is 3.32. The first-order chi connectivity index (χ1) is 16.6. The molecule has 0 aliphatic heterocycles. The smallest absolute Gasteiger partial charge is 0.355 e. The molecule has 35 heavy (non-hydrogen) atoms. The molecule has 0 saturated carbocycles. The van der Waals surface area contributed by atoms with Gasteiger partial charge < -0.3 is 10.5 Å². The van der Waals surface area contributed by atoms with Crippen LogP contribution in [0, 0.1) is 0 Å². The highest BCUT2D eigenvalue weighted by Gasteiger charge is 2.17. The molecule has 0 unspecified atom stereocenters. The number of sulfone groups is 1. The van der Waals surface area contributed by atoms with Crippen LogP contribution in [0.4, 0.5) is 5.69 Å². The van der Waals surface area contributed by atoms with E-state index in [0.29, 0.717) is 22.1 Å². The predicted octanol–water partition coefficient (Wildman–Crippen LogP) is 4.56. The third kappa shape index (κ3) is 7.00. The second-order valence-electron chi connectivity index (χ2n) is 7.87. The van der Waals surface area contributed by atoms with Crippen LogP contribution < -0.4 is 5.73 Å². The lowest BCUT2D eigenvalue weighted by Gasteiger charge is -2.10. The first kappa shape index (κ1) is 26.6. The summed E-state index contributed by atoms with van der Waals surface area (Å²) in [7, 11) is -3.38. The van der Waals surface area contributed by atoms with E-state index in [4.69, 9.17) is 15.5 Å². The number of benzene rings is 2. The fourth-order valence-electron chi connectivity index (χ4n) is 3.06. The van der Waals surface area contributed by atoms with Crippen molar-refractivity contribution in [3.05, 3.63) is 70.9 Å². The van der Waals surface area contributed by atoms with Crippen LogP contribution >= 0.6 is 23.3 Å². The van der Waals surface area contributed by atoms with Gasteiger partial charge in [0.2, 0.25) is 0 Å². The molecular weight excluding hydrogens is 504 g/mol. The first-order valence-electron chi connectivity index (χ1n) is 10.6. The van der Waals surface area contributed by atoms with E-state index in [1.54, 1.807) is 12.1 Å². The van der Waals surface area contributed by atoms with Gasteiger partial charge >= 0.3 is 5.97 Å². The van der Waals surface area contributed by atoms with Gasteiger partial charge in [0.1, 0.15) is 17.3 Å². The van der Waals surface area contributed by atoms with Crippen molar-refractivity contribution in [2.45, 2.75) is 24.7 Å². The van der Waals surface area contributed by atoms with E-state index in [0.717, 1.165) is 29.0 Å². The number of aromatic nitrogens is 2. The summed E-state index contributed by atoms with van der Waals surface area (Å²) in [6, 6.07) is 14.1. The van der Waals surface area contributed by atoms with Gasteiger partial charge in [-0.3, -0.25) is 0 Å². The minimum absolute atomic E-state index is 0.115. The van der Waals surface area contributed by atoms with Gasteiger partial charge in [0.05, 0.1) is 10.6 Å². The average molecular weight is 531 g/mol. The second-order valence-corrected chi connectivity index (χ2v) is 11.5. The zero-order valence-electron chi connectivity index (χ0n) is 19.8. The van der Waals surface area contributed by atoms with Crippen LogP contribution in [0.1, 0.15) is 30.3 Å². The molecule has 0 fully saturated rings.